The maximum atomic E-state index is 3.66. The van der Waals surface area contributed by atoms with Crippen LogP contribution in [0.4, 0.5) is 0 Å². The molecule has 1 atom stereocenters. The second kappa shape index (κ2) is 6.53. The molecule has 1 unspecified atom stereocenters. The van der Waals surface area contributed by atoms with Crippen LogP contribution in [0.3, 0.4) is 0 Å². The molecule has 1 aliphatic heterocycles. The molecule has 0 spiro atoms. The number of hydrogen-bond donors (Lipinski definition) is 1. The van der Waals surface area contributed by atoms with Crippen LogP contribution in [0.2, 0.25) is 0 Å². The molecule has 17 heavy (non-hydrogen) atoms. The Hall–Kier alpha value is -0.380. The lowest BCUT2D eigenvalue weighted by atomic mass is 10.2. The van der Waals surface area contributed by atoms with Gasteiger partial charge in [-0.1, -0.05) is 6.92 Å². The van der Waals surface area contributed by atoms with Crippen LogP contribution < -0.4 is 5.32 Å². The largest absolute Gasteiger partial charge is 0.308 e. The van der Waals surface area contributed by atoms with Crippen molar-refractivity contribution in [3.05, 3.63) is 21.9 Å². The molecule has 0 bridgehead atoms. The minimum Gasteiger partial charge on any atom is -0.308 e. The molecule has 0 amide bonds. The zero-order chi connectivity index (χ0) is 12.1. The van der Waals surface area contributed by atoms with Crippen LogP contribution in [0.1, 0.15) is 37.1 Å². The third-order valence-corrected chi connectivity index (χ3v) is 4.52. The summed E-state index contributed by atoms with van der Waals surface area (Å²) >= 11 is 1.88. The average molecular weight is 252 g/mol. The van der Waals surface area contributed by atoms with Gasteiger partial charge in [0.2, 0.25) is 0 Å². The Kier molecular flexibility index (Phi) is 5.01. The van der Waals surface area contributed by atoms with E-state index in [4.69, 9.17) is 0 Å². The third kappa shape index (κ3) is 3.80. The summed E-state index contributed by atoms with van der Waals surface area (Å²) in [5, 5.41) is 5.86. The molecule has 1 fully saturated rings. The lowest BCUT2D eigenvalue weighted by molar-refractivity contribution is 0.298. The van der Waals surface area contributed by atoms with E-state index in [2.05, 4.69) is 35.5 Å². The first kappa shape index (κ1) is 13.1. The highest BCUT2D eigenvalue weighted by molar-refractivity contribution is 7.10. The van der Waals surface area contributed by atoms with E-state index in [1.807, 2.05) is 11.3 Å². The highest BCUT2D eigenvalue weighted by atomic mass is 32.1. The van der Waals surface area contributed by atoms with E-state index in [1.54, 1.807) is 0 Å². The fourth-order valence-corrected chi connectivity index (χ4v) is 3.45. The number of likely N-dealkylation sites (tertiary alicyclic amines) is 1. The van der Waals surface area contributed by atoms with E-state index in [0.29, 0.717) is 6.04 Å². The number of aryl methyl sites for hydroxylation is 1. The number of rotatable bonds is 6. The fraction of sp³-hybridized carbons (Fsp3) is 0.714. The van der Waals surface area contributed by atoms with Crippen molar-refractivity contribution in [1.29, 1.82) is 0 Å². The molecule has 0 radical (unpaired) electrons. The topological polar surface area (TPSA) is 15.3 Å². The van der Waals surface area contributed by atoms with Gasteiger partial charge < -0.3 is 10.2 Å². The van der Waals surface area contributed by atoms with Gasteiger partial charge in [0, 0.05) is 24.0 Å². The lowest BCUT2D eigenvalue weighted by Crippen LogP contribution is -2.37. The van der Waals surface area contributed by atoms with Crippen LogP contribution in [0.25, 0.3) is 0 Å². The summed E-state index contributed by atoms with van der Waals surface area (Å²) in [6.45, 7) is 9.37. The minimum absolute atomic E-state index is 0.597. The summed E-state index contributed by atoms with van der Waals surface area (Å²) in [6, 6.07) is 2.85. The first-order valence-electron chi connectivity index (χ1n) is 6.80. The normalized spacial score (nSPS) is 18.7. The van der Waals surface area contributed by atoms with E-state index in [1.165, 1.54) is 42.9 Å². The monoisotopic (exact) mass is 252 g/mol. The second-order valence-corrected chi connectivity index (χ2v) is 6.01. The summed E-state index contributed by atoms with van der Waals surface area (Å²) < 4.78 is 0. The van der Waals surface area contributed by atoms with E-state index in [-0.39, 0.29) is 0 Å². The van der Waals surface area contributed by atoms with Crippen LogP contribution in [0, 0.1) is 0 Å². The Morgan fingerprint density at radius 3 is 2.88 bits per heavy atom. The lowest BCUT2D eigenvalue weighted by Gasteiger charge is -2.21. The van der Waals surface area contributed by atoms with Gasteiger partial charge in [0.15, 0.2) is 0 Å². The molecule has 2 heterocycles. The molecule has 2 rings (SSSR count). The number of nitrogens with zero attached hydrogens (tertiary/aromatic N) is 1. The first-order valence-corrected chi connectivity index (χ1v) is 7.68. The van der Waals surface area contributed by atoms with E-state index < -0.39 is 0 Å². The molecule has 1 N–H and O–H groups in total. The van der Waals surface area contributed by atoms with Gasteiger partial charge in [-0.25, -0.2) is 0 Å². The number of thiophene rings is 1. The SMILES string of the molecule is CCc1ccsc1CNC(C)CN1CCCC1. The van der Waals surface area contributed by atoms with Crippen LogP contribution in [0.5, 0.6) is 0 Å². The Bertz CT molecular complexity index is 329. The van der Waals surface area contributed by atoms with Crippen LogP contribution in [0.15, 0.2) is 11.4 Å². The van der Waals surface area contributed by atoms with Crippen molar-refractivity contribution in [3.8, 4) is 0 Å². The van der Waals surface area contributed by atoms with Gasteiger partial charge in [0.25, 0.3) is 0 Å². The van der Waals surface area contributed by atoms with E-state index in [0.717, 1.165) is 13.0 Å². The van der Waals surface area contributed by atoms with E-state index >= 15 is 0 Å². The molecule has 1 saturated heterocycles. The molecule has 1 aliphatic rings. The van der Waals surface area contributed by atoms with Crippen molar-refractivity contribution >= 4 is 11.3 Å². The van der Waals surface area contributed by atoms with Gasteiger partial charge in [-0.05, 0) is 56.3 Å². The highest BCUT2D eigenvalue weighted by Gasteiger charge is 2.14. The molecular formula is C14H24N2S. The quantitative estimate of drug-likeness (QED) is 0.837. The Morgan fingerprint density at radius 1 is 1.41 bits per heavy atom. The van der Waals surface area contributed by atoms with Crippen molar-refractivity contribution in [1.82, 2.24) is 10.2 Å². The van der Waals surface area contributed by atoms with Crippen molar-refractivity contribution in [2.45, 2.75) is 45.7 Å². The number of hydrogen-bond acceptors (Lipinski definition) is 3. The first-order chi connectivity index (χ1) is 8.29. The van der Waals surface area contributed by atoms with Gasteiger partial charge in [-0.15, -0.1) is 11.3 Å². The summed E-state index contributed by atoms with van der Waals surface area (Å²) in [5.74, 6) is 0. The van der Waals surface area contributed by atoms with Gasteiger partial charge in [-0.2, -0.15) is 0 Å². The van der Waals surface area contributed by atoms with Crippen LogP contribution in [-0.2, 0) is 13.0 Å². The molecule has 1 aromatic heterocycles. The molecule has 96 valence electrons. The molecule has 0 aromatic carbocycles. The molecule has 0 aliphatic carbocycles. The van der Waals surface area contributed by atoms with Gasteiger partial charge in [-0.3, -0.25) is 0 Å². The van der Waals surface area contributed by atoms with E-state index in [9.17, 15) is 0 Å². The van der Waals surface area contributed by atoms with Crippen molar-refractivity contribution in [2.75, 3.05) is 19.6 Å². The van der Waals surface area contributed by atoms with Gasteiger partial charge in [0.1, 0.15) is 0 Å². The molecule has 2 nitrogen and oxygen atoms in total. The van der Waals surface area contributed by atoms with Crippen LogP contribution in [-0.4, -0.2) is 30.6 Å². The fourth-order valence-electron chi connectivity index (χ4n) is 2.52. The van der Waals surface area contributed by atoms with Crippen molar-refractivity contribution in [2.24, 2.45) is 0 Å². The van der Waals surface area contributed by atoms with Gasteiger partial charge in [0.05, 0.1) is 0 Å². The molecular weight excluding hydrogens is 228 g/mol. The highest BCUT2D eigenvalue weighted by Crippen LogP contribution is 2.17. The smallest absolute Gasteiger partial charge is 0.0305 e. The summed E-state index contributed by atoms with van der Waals surface area (Å²) in [7, 11) is 0. The zero-order valence-electron chi connectivity index (χ0n) is 11.0. The Labute approximate surface area is 109 Å². The maximum Gasteiger partial charge on any atom is 0.0305 e. The molecule has 1 aromatic rings. The Balaban J connectivity index is 1.73. The predicted octanol–water partition coefficient (Wildman–Crippen LogP) is 2.88. The van der Waals surface area contributed by atoms with Crippen molar-refractivity contribution in [3.63, 3.8) is 0 Å². The molecule has 3 heteroatoms. The maximum absolute atomic E-state index is 3.66. The Morgan fingerprint density at radius 2 is 2.18 bits per heavy atom. The summed E-state index contributed by atoms with van der Waals surface area (Å²) in [6.07, 6.45) is 3.93. The zero-order valence-corrected chi connectivity index (χ0v) is 11.9. The van der Waals surface area contributed by atoms with Gasteiger partial charge >= 0.3 is 0 Å². The number of nitrogens with one attached hydrogen (secondary N) is 1. The molecule has 0 saturated carbocycles. The summed E-state index contributed by atoms with van der Waals surface area (Å²) in [4.78, 5) is 4.09. The summed E-state index contributed by atoms with van der Waals surface area (Å²) in [5.41, 5.74) is 1.51. The standard InChI is InChI=1S/C14H24N2S/c1-3-13-6-9-17-14(13)10-15-12(2)11-16-7-4-5-8-16/h6,9,12,15H,3-5,7-8,10-11H2,1-2H3. The minimum atomic E-state index is 0.597. The van der Waals surface area contributed by atoms with Crippen molar-refractivity contribution < 1.29 is 0 Å². The second-order valence-electron chi connectivity index (χ2n) is 5.01. The average Bonchev–Trinajstić information content (AvgIpc) is 2.96. The van der Waals surface area contributed by atoms with Crippen LogP contribution >= 0.6 is 11.3 Å². The third-order valence-electron chi connectivity index (χ3n) is 3.56. The predicted molar refractivity (Wildman–Crippen MR) is 75.7 cm³/mol.